The van der Waals surface area contributed by atoms with Crippen molar-refractivity contribution >= 4 is 47.2 Å². The van der Waals surface area contributed by atoms with Crippen molar-refractivity contribution in [2.75, 3.05) is 13.7 Å². The smallest absolute Gasteiger partial charge is 0.345 e. The lowest BCUT2D eigenvalue weighted by Gasteiger charge is -2.07. The topological polar surface area (TPSA) is 106 Å². The Morgan fingerprint density at radius 1 is 0.971 bits per heavy atom. The van der Waals surface area contributed by atoms with E-state index in [1.165, 1.54) is 31.5 Å². The molecule has 2 amide bonds. The third-order valence-electron chi connectivity index (χ3n) is 4.38. The lowest BCUT2D eigenvalue weighted by atomic mass is 10.2. The molecule has 0 fully saturated rings. The molecule has 0 atom stereocenters. The second kappa shape index (κ2) is 11.8. The Hall–Kier alpha value is -3.88. The van der Waals surface area contributed by atoms with Gasteiger partial charge in [0.2, 0.25) is 0 Å². The maximum atomic E-state index is 12.3. The minimum Gasteiger partial charge on any atom is -0.497 e. The van der Waals surface area contributed by atoms with E-state index in [1.807, 2.05) is 0 Å². The van der Waals surface area contributed by atoms with Crippen molar-refractivity contribution in [3.05, 3.63) is 93.5 Å². The maximum absolute atomic E-state index is 12.3. The zero-order valence-corrected chi connectivity index (χ0v) is 19.4. The van der Waals surface area contributed by atoms with Gasteiger partial charge in [-0.2, -0.15) is 5.10 Å². The van der Waals surface area contributed by atoms with Gasteiger partial charge in [-0.15, -0.1) is 0 Å². The van der Waals surface area contributed by atoms with Crippen LogP contribution in [0.3, 0.4) is 0 Å². The molecular formula is C24H19Cl2N3O5. The molecule has 0 radical (unpaired) electrons. The monoisotopic (exact) mass is 499 g/mol. The van der Waals surface area contributed by atoms with Gasteiger partial charge in [0.1, 0.15) is 11.5 Å². The Balaban J connectivity index is 1.50. The number of methoxy groups -OCH3 is 1. The van der Waals surface area contributed by atoms with Crippen molar-refractivity contribution in [3.8, 4) is 11.5 Å². The van der Waals surface area contributed by atoms with Crippen molar-refractivity contribution in [1.82, 2.24) is 10.7 Å². The van der Waals surface area contributed by atoms with E-state index in [0.29, 0.717) is 21.9 Å². The van der Waals surface area contributed by atoms with Gasteiger partial charge in [0.05, 0.1) is 30.5 Å². The first-order chi connectivity index (χ1) is 16.4. The fraction of sp³-hybridized carbons (Fsp3) is 0.0833. The van der Waals surface area contributed by atoms with Crippen LogP contribution in [0.25, 0.3) is 0 Å². The Bertz CT molecular complexity index is 1230. The molecule has 10 heteroatoms. The van der Waals surface area contributed by atoms with E-state index in [-0.39, 0.29) is 22.9 Å². The molecule has 34 heavy (non-hydrogen) atoms. The van der Waals surface area contributed by atoms with Crippen molar-refractivity contribution in [2.45, 2.75) is 0 Å². The summed E-state index contributed by atoms with van der Waals surface area (Å²) < 4.78 is 10.4. The molecule has 0 heterocycles. The minimum atomic E-state index is -0.642. The molecule has 3 rings (SSSR count). The van der Waals surface area contributed by atoms with Crippen molar-refractivity contribution in [3.63, 3.8) is 0 Å². The molecule has 0 aliphatic carbocycles. The standard InChI is InChI=1S/C24H19Cl2N3O5/c1-33-18-8-5-16(6-9-18)23(31)27-14-22(30)29-28-13-15-3-2-4-19(11-15)34-24(32)20-10-7-17(25)12-21(20)26/h2-13H,14H2,1H3,(H,27,31)(H,29,30)/b28-13-. The Morgan fingerprint density at radius 2 is 1.74 bits per heavy atom. The summed E-state index contributed by atoms with van der Waals surface area (Å²) in [6.07, 6.45) is 1.37. The number of carbonyl (C=O) groups is 3. The zero-order valence-electron chi connectivity index (χ0n) is 17.9. The molecule has 0 aliphatic heterocycles. The van der Waals surface area contributed by atoms with E-state index >= 15 is 0 Å². The second-order valence-corrected chi connectivity index (χ2v) is 7.63. The number of benzene rings is 3. The van der Waals surface area contributed by atoms with E-state index in [4.69, 9.17) is 32.7 Å². The average molecular weight is 500 g/mol. The van der Waals surface area contributed by atoms with Crippen molar-refractivity contribution in [1.29, 1.82) is 0 Å². The first-order valence-corrected chi connectivity index (χ1v) is 10.6. The Labute approximate surface area is 205 Å². The van der Waals surface area contributed by atoms with Gasteiger partial charge in [-0.25, -0.2) is 10.2 Å². The number of rotatable bonds is 8. The molecule has 0 unspecified atom stereocenters. The fourth-order valence-corrected chi connectivity index (χ4v) is 3.18. The molecule has 0 spiro atoms. The number of carbonyl (C=O) groups excluding carboxylic acids is 3. The minimum absolute atomic E-state index is 0.175. The van der Waals surface area contributed by atoms with Gasteiger partial charge >= 0.3 is 5.97 Å². The predicted molar refractivity (Wildman–Crippen MR) is 129 cm³/mol. The van der Waals surface area contributed by atoms with Crippen LogP contribution in [-0.4, -0.2) is 37.7 Å². The molecule has 2 N–H and O–H groups in total. The quantitative estimate of drug-likeness (QED) is 0.210. The number of amides is 2. The zero-order chi connectivity index (χ0) is 24.5. The molecule has 3 aromatic carbocycles. The largest absolute Gasteiger partial charge is 0.497 e. The van der Waals surface area contributed by atoms with Crippen molar-refractivity contribution in [2.24, 2.45) is 5.10 Å². The summed E-state index contributed by atoms with van der Waals surface area (Å²) in [4.78, 5) is 36.4. The van der Waals surface area contributed by atoms with Gasteiger partial charge in [0.25, 0.3) is 11.8 Å². The summed E-state index contributed by atoms with van der Waals surface area (Å²) in [5.41, 5.74) is 3.45. The van der Waals surface area contributed by atoms with E-state index in [0.717, 1.165) is 0 Å². The molecule has 3 aromatic rings. The van der Waals surface area contributed by atoms with Gasteiger partial charge in [0.15, 0.2) is 0 Å². The molecule has 0 aromatic heterocycles. The van der Waals surface area contributed by atoms with Crippen LogP contribution in [0.15, 0.2) is 71.8 Å². The third-order valence-corrected chi connectivity index (χ3v) is 4.93. The molecule has 0 bridgehead atoms. The molecule has 174 valence electrons. The van der Waals surface area contributed by atoms with Crippen LogP contribution in [0.5, 0.6) is 11.5 Å². The average Bonchev–Trinajstić information content (AvgIpc) is 2.82. The van der Waals surface area contributed by atoms with E-state index < -0.39 is 17.8 Å². The number of hydrazone groups is 1. The van der Waals surface area contributed by atoms with Gasteiger partial charge < -0.3 is 14.8 Å². The van der Waals surface area contributed by atoms with Crippen LogP contribution < -0.4 is 20.2 Å². The van der Waals surface area contributed by atoms with Crippen LogP contribution in [0, 0.1) is 0 Å². The van der Waals surface area contributed by atoms with E-state index in [9.17, 15) is 14.4 Å². The van der Waals surface area contributed by atoms with E-state index in [1.54, 1.807) is 48.5 Å². The molecule has 0 saturated carbocycles. The predicted octanol–water partition coefficient (Wildman–Crippen LogP) is 4.10. The summed E-state index contributed by atoms with van der Waals surface area (Å²) in [5.74, 6) is -0.680. The first-order valence-electron chi connectivity index (χ1n) is 9.87. The number of hydrogen-bond donors (Lipinski definition) is 2. The third kappa shape index (κ3) is 7.06. The highest BCUT2D eigenvalue weighted by molar-refractivity contribution is 6.36. The highest BCUT2D eigenvalue weighted by Crippen LogP contribution is 2.23. The highest BCUT2D eigenvalue weighted by Gasteiger charge is 2.13. The number of hydrogen-bond acceptors (Lipinski definition) is 6. The lowest BCUT2D eigenvalue weighted by Crippen LogP contribution is -2.34. The van der Waals surface area contributed by atoms with Crippen LogP contribution in [0.4, 0.5) is 0 Å². The molecule has 8 nitrogen and oxygen atoms in total. The summed E-state index contributed by atoms with van der Waals surface area (Å²) in [7, 11) is 1.53. The molecule has 0 saturated heterocycles. The fourth-order valence-electron chi connectivity index (χ4n) is 2.70. The second-order valence-electron chi connectivity index (χ2n) is 6.79. The van der Waals surface area contributed by atoms with E-state index in [2.05, 4.69) is 15.8 Å². The Morgan fingerprint density at radius 3 is 2.44 bits per heavy atom. The van der Waals surface area contributed by atoms with Gasteiger partial charge in [-0.05, 0) is 60.2 Å². The molecule has 0 aliphatic rings. The number of nitrogens with one attached hydrogen (secondary N) is 2. The van der Waals surface area contributed by atoms with Gasteiger partial charge in [0, 0.05) is 10.6 Å². The summed E-state index contributed by atoms with van der Waals surface area (Å²) in [6.45, 7) is -0.262. The first kappa shape index (κ1) is 24.8. The van der Waals surface area contributed by atoms with Gasteiger partial charge in [-0.1, -0.05) is 35.3 Å². The summed E-state index contributed by atoms with van der Waals surface area (Å²) in [5, 5.41) is 6.93. The number of ether oxygens (including phenoxy) is 2. The van der Waals surface area contributed by atoms with Crippen LogP contribution in [-0.2, 0) is 4.79 Å². The normalized spacial score (nSPS) is 10.6. The van der Waals surface area contributed by atoms with Gasteiger partial charge in [-0.3, -0.25) is 9.59 Å². The summed E-state index contributed by atoms with van der Waals surface area (Å²) >= 11 is 11.9. The van der Waals surface area contributed by atoms with Crippen molar-refractivity contribution < 1.29 is 23.9 Å². The van der Waals surface area contributed by atoms with Crippen LogP contribution in [0.1, 0.15) is 26.3 Å². The SMILES string of the molecule is COc1ccc(C(=O)NCC(=O)N/N=C\c2cccc(OC(=O)c3ccc(Cl)cc3Cl)c2)cc1. The number of esters is 1. The lowest BCUT2D eigenvalue weighted by molar-refractivity contribution is -0.120. The highest BCUT2D eigenvalue weighted by atomic mass is 35.5. The Kier molecular flexibility index (Phi) is 8.61. The maximum Gasteiger partial charge on any atom is 0.345 e. The summed E-state index contributed by atoms with van der Waals surface area (Å²) in [6, 6.07) is 17.4. The molecular weight excluding hydrogens is 481 g/mol. The van der Waals surface area contributed by atoms with Crippen LogP contribution >= 0.6 is 23.2 Å². The number of nitrogens with zero attached hydrogens (tertiary/aromatic N) is 1. The van der Waals surface area contributed by atoms with Crippen LogP contribution in [0.2, 0.25) is 10.0 Å². The number of halogens is 2.